The molecular weight excluding hydrogens is 250 g/mol. The molecule has 1 atom stereocenters. The van der Waals surface area contributed by atoms with Crippen molar-refractivity contribution >= 4 is 0 Å². The van der Waals surface area contributed by atoms with Gasteiger partial charge in [0, 0.05) is 31.5 Å². The molecule has 0 aliphatic carbocycles. The van der Waals surface area contributed by atoms with Crippen molar-refractivity contribution in [3.63, 3.8) is 0 Å². The van der Waals surface area contributed by atoms with Crippen LogP contribution in [0.4, 0.5) is 0 Å². The summed E-state index contributed by atoms with van der Waals surface area (Å²) < 4.78 is 5.14. The summed E-state index contributed by atoms with van der Waals surface area (Å²) in [5.74, 6) is 1.62. The Labute approximate surface area is 119 Å². The van der Waals surface area contributed by atoms with Crippen LogP contribution in [0, 0.1) is 12.8 Å². The van der Waals surface area contributed by atoms with Crippen LogP contribution in [-0.4, -0.2) is 28.1 Å². The molecule has 0 aromatic carbocycles. The third-order valence-electron chi connectivity index (χ3n) is 3.91. The summed E-state index contributed by atoms with van der Waals surface area (Å²) in [4.78, 5) is 6.69. The van der Waals surface area contributed by atoms with Gasteiger partial charge in [0.15, 0.2) is 0 Å². The molecule has 0 saturated carbocycles. The molecule has 1 fully saturated rings. The van der Waals surface area contributed by atoms with E-state index in [2.05, 4.69) is 21.1 Å². The first-order chi connectivity index (χ1) is 9.79. The largest absolute Gasteiger partial charge is 0.361 e. The Balaban J connectivity index is 1.56. The summed E-state index contributed by atoms with van der Waals surface area (Å²) in [6, 6.07) is 6.23. The van der Waals surface area contributed by atoms with Gasteiger partial charge in [0.25, 0.3) is 0 Å². The highest BCUT2D eigenvalue weighted by molar-refractivity contribution is 5.10. The fourth-order valence-electron chi connectivity index (χ4n) is 3.04. The lowest BCUT2D eigenvalue weighted by Gasteiger charge is -2.32. The van der Waals surface area contributed by atoms with Crippen LogP contribution in [0.2, 0.25) is 0 Å². The van der Waals surface area contributed by atoms with Crippen molar-refractivity contribution < 1.29 is 4.52 Å². The van der Waals surface area contributed by atoms with Crippen LogP contribution in [0.25, 0.3) is 0 Å². The lowest BCUT2D eigenvalue weighted by Crippen LogP contribution is -2.35. The van der Waals surface area contributed by atoms with Gasteiger partial charge in [0.1, 0.15) is 5.76 Å². The predicted octanol–water partition coefficient (Wildman–Crippen LogP) is 2.83. The second-order valence-electron chi connectivity index (χ2n) is 5.74. The van der Waals surface area contributed by atoms with Gasteiger partial charge in [-0.1, -0.05) is 11.2 Å². The van der Waals surface area contributed by atoms with Crippen LogP contribution in [0.1, 0.15) is 29.9 Å². The summed E-state index contributed by atoms with van der Waals surface area (Å²) in [6.07, 6.45) is 7.52. The van der Waals surface area contributed by atoms with Crippen LogP contribution in [0.15, 0.2) is 35.1 Å². The number of piperidine rings is 1. The van der Waals surface area contributed by atoms with Gasteiger partial charge in [-0.3, -0.25) is 9.88 Å². The van der Waals surface area contributed by atoms with Gasteiger partial charge in [-0.05, 0) is 50.3 Å². The molecule has 3 heterocycles. The molecule has 1 aliphatic heterocycles. The van der Waals surface area contributed by atoms with Crippen LogP contribution in [0.3, 0.4) is 0 Å². The minimum Gasteiger partial charge on any atom is -0.361 e. The summed E-state index contributed by atoms with van der Waals surface area (Å²) in [5.41, 5.74) is 2.39. The van der Waals surface area contributed by atoms with E-state index in [0.29, 0.717) is 0 Å². The second-order valence-corrected chi connectivity index (χ2v) is 5.74. The highest BCUT2D eigenvalue weighted by atomic mass is 16.5. The van der Waals surface area contributed by atoms with E-state index in [0.717, 1.165) is 43.4 Å². The first kappa shape index (κ1) is 13.3. The molecule has 2 aromatic rings. The molecule has 0 amide bonds. The molecule has 1 saturated heterocycles. The Hall–Kier alpha value is -1.68. The summed E-state index contributed by atoms with van der Waals surface area (Å²) in [6.45, 7) is 5.15. The van der Waals surface area contributed by atoms with E-state index in [9.17, 15) is 0 Å². The van der Waals surface area contributed by atoms with Gasteiger partial charge in [-0.15, -0.1) is 0 Å². The fourth-order valence-corrected chi connectivity index (χ4v) is 3.04. The van der Waals surface area contributed by atoms with E-state index in [1.54, 1.807) is 0 Å². The van der Waals surface area contributed by atoms with Gasteiger partial charge in [-0.2, -0.15) is 0 Å². The standard InChI is InChI=1S/C16H21N3O/c1-13-8-16(18-20-13)12-19-7-3-5-15(11-19)9-14-4-2-6-17-10-14/h2,4,6,8,10,15H,3,5,7,9,11-12H2,1H3/t15-/m1/s1. The monoisotopic (exact) mass is 271 g/mol. The molecule has 0 bridgehead atoms. The number of likely N-dealkylation sites (tertiary alicyclic amines) is 1. The summed E-state index contributed by atoms with van der Waals surface area (Å²) >= 11 is 0. The van der Waals surface area contributed by atoms with Crippen molar-refractivity contribution in [3.05, 3.63) is 47.6 Å². The van der Waals surface area contributed by atoms with Crippen molar-refractivity contribution in [2.75, 3.05) is 13.1 Å². The summed E-state index contributed by atoms with van der Waals surface area (Å²) in [5, 5.41) is 4.09. The first-order valence-electron chi connectivity index (χ1n) is 7.33. The maximum Gasteiger partial charge on any atom is 0.133 e. The molecular formula is C16H21N3O. The van der Waals surface area contributed by atoms with E-state index in [4.69, 9.17) is 4.52 Å². The molecule has 1 aliphatic rings. The lowest BCUT2D eigenvalue weighted by molar-refractivity contribution is 0.163. The molecule has 106 valence electrons. The molecule has 20 heavy (non-hydrogen) atoms. The zero-order chi connectivity index (χ0) is 13.8. The Morgan fingerprint density at radius 2 is 2.40 bits per heavy atom. The second kappa shape index (κ2) is 6.18. The van der Waals surface area contributed by atoms with E-state index in [-0.39, 0.29) is 0 Å². The van der Waals surface area contributed by atoms with E-state index in [1.807, 2.05) is 31.5 Å². The Morgan fingerprint density at radius 3 is 3.15 bits per heavy atom. The van der Waals surface area contributed by atoms with Gasteiger partial charge >= 0.3 is 0 Å². The number of hydrogen-bond acceptors (Lipinski definition) is 4. The first-order valence-corrected chi connectivity index (χ1v) is 7.33. The molecule has 0 radical (unpaired) electrons. The molecule has 0 N–H and O–H groups in total. The number of hydrogen-bond donors (Lipinski definition) is 0. The number of pyridine rings is 1. The number of aromatic nitrogens is 2. The zero-order valence-electron chi connectivity index (χ0n) is 12.0. The van der Waals surface area contributed by atoms with Crippen molar-refractivity contribution in [1.29, 1.82) is 0 Å². The molecule has 0 spiro atoms. The van der Waals surface area contributed by atoms with Crippen molar-refractivity contribution in [2.24, 2.45) is 5.92 Å². The molecule has 4 nitrogen and oxygen atoms in total. The van der Waals surface area contributed by atoms with Crippen LogP contribution in [-0.2, 0) is 13.0 Å². The predicted molar refractivity (Wildman–Crippen MR) is 77.2 cm³/mol. The Kier molecular flexibility index (Phi) is 4.11. The van der Waals surface area contributed by atoms with Gasteiger partial charge in [0.2, 0.25) is 0 Å². The average Bonchev–Trinajstić information content (AvgIpc) is 2.86. The normalized spacial score (nSPS) is 20.1. The van der Waals surface area contributed by atoms with Crippen LogP contribution >= 0.6 is 0 Å². The highest BCUT2D eigenvalue weighted by Crippen LogP contribution is 2.21. The van der Waals surface area contributed by atoms with E-state index < -0.39 is 0 Å². The number of nitrogens with zero attached hydrogens (tertiary/aromatic N) is 3. The Morgan fingerprint density at radius 1 is 1.45 bits per heavy atom. The third-order valence-corrected chi connectivity index (χ3v) is 3.91. The van der Waals surface area contributed by atoms with Crippen molar-refractivity contribution in [3.8, 4) is 0 Å². The number of rotatable bonds is 4. The van der Waals surface area contributed by atoms with Gasteiger partial charge in [-0.25, -0.2) is 0 Å². The van der Waals surface area contributed by atoms with Gasteiger partial charge < -0.3 is 4.52 Å². The van der Waals surface area contributed by atoms with Crippen molar-refractivity contribution in [2.45, 2.75) is 32.7 Å². The molecule has 3 rings (SSSR count). The maximum absolute atomic E-state index is 5.14. The SMILES string of the molecule is Cc1cc(CN2CCC[C@H](Cc3cccnc3)C2)no1. The van der Waals surface area contributed by atoms with Gasteiger partial charge in [0.05, 0.1) is 5.69 Å². The molecule has 2 aromatic heterocycles. The average molecular weight is 271 g/mol. The summed E-state index contributed by atoms with van der Waals surface area (Å²) in [7, 11) is 0. The smallest absolute Gasteiger partial charge is 0.133 e. The zero-order valence-corrected chi connectivity index (χ0v) is 12.0. The van der Waals surface area contributed by atoms with E-state index in [1.165, 1.54) is 18.4 Å². The topological polar surface area (TPSA) is 42.2 Å². The molecule has 0 unspecified atom stereocenters. The maximum atomic E-state index is 5.14. The highest BCUT2D eigenvalue weighted by Gasteiger charge is 2.21. The third kappa shape index (κ3) is 3.45. The minimum atomic E-state index is 0.723. The number of aryl methyl sites for hydroxylation is 1. The minimum absolute atomic E-state index is 0.723. The van der Waals surface area contributed by atoms with Crippen LogP contribution < -0.4 is 0 Å². The Bertz CT molecular complexity index is 538. The van der Waals surface area contributed by atoms with Crippen LogP contribution in [0.5, 0.6) is 0 Å². The van der Waals surface area contributed by atoms with Crippen molar-refractivity contribution in [1.82, 2.24) is 15.0 Å². The van der Waals surface area contributed by atoms with E-state index >= 15 is 0 Å². The quantitative estimate of drug-likeness (QED) is 0.857. The fraction of sp³-hybridized carbons (Fsp3) is 0.500. The molecule has 4 heteroatoms. The lowest BCUT2D eigenvalue weighted by atomic mass is 9.92.